The topological polar surface area (TPSA) is 221 Å². The minimum atomic E-state index is -2.49. The van der Waals surface area contributed by atoms with Crippen molar-refractivity contribution in [3.8, 4) is 0 Å². The molecule has 3 fully saturated rings. The van der Waals surface area contributed by atoms with E-state index >= 15 is 4.79 Å². The number of rotatable bonds is 11. The lowest BCUT2D eigenvalue weighted by molar-refractivity contribution is -0.341. The van der Waals surface area contributed by atoms with Crippen LogP contribution in [0.25, 0.3) is 0 Å². The normalized spacial score (nSPS) is 30.0. The molecule has 16 heteroatoms. The molecule has 1 amide bonds. The molecule has 0 aromatic heterocycles. The summed E-state index contributed by atoms with van der Waals surface area (Å²) in [5, 5.41) is 40.7. The van der Waals surface area contributed by atoms with Gasteiger partial charge in [0.2, 0.25) is 0 Å². The molecule has 1 heterocycles. The SMILES string of the molecule is CC(=O)O[C@H]1C(=O)[C@@]2(C)C([C@H](OC(=O)c3ccccc3)[C@]3(O)C[C@H](OC(=O)[C@H](O)C(NC(=O)c4ccccc4)c4ccccc4)C(C)=C1C3(C)C)[C@]1(OC(=O)c3ccc(F)cc3)CO[C@@H]1C[C@@H]2O. The Morgan fingerprint density at radius 3 is 1.94 bits per heavy atom. The molecule has 8 rings (SSSR count). The average Bonchev–Trinajstić information content (AvgIpc) is 3.32. The average molecular weight is 934 g/mol. The zero-order valence-electron chi connectivity index (χ0n) is 37.9. The number of hydrogen-bond donors (Lipinski definition) is 4. The van der Waals surface area contributed by atoms with Gasteiger partial charge in [0.05, 0.1) is 41.2 Å². The maximum atomic E-state index is 15.7. The smallest absolute Gasteiger partial charge is 0.338 e. The number of ether oxygens (including phenoxy) is 5. The fraction of sp³-hybridized carbons (Fsp3) is 0.385. The largest absolute Gasteiger partial charge is 0.456 e. The van der Waals surface area contributed by atoms with Gasteiger partial charge in [0, 0.05) is 30.7 Å². The van der Waals surface area contributed by atoms with Gasteiger partial charge in [0.15, 0.2) is 23.6 Å². The molecule has 1 aliphatic heterocycles. The summed E-state index contributed by atoms with van der Waals surface area (Å²) in [4.78, 5) is 85.5. The van der Waals surface area contributed by atoms with Gasteiger partial charge in [-0.3, -0.25) is 14.4 Å². The summed E-state index contributed by atoms with van der Waals surface area (Å²) in [6, 6.07) is 27.1. The number of carbonyl (C=O) groups is 6. The van der Waals surface area contributed by atoms with E-state index in [-0.39, 0.29) is 34.3 Å². The van der Waals surface area contributed by atoms with Crippen molar-refractivity contribution in [3.63, 3.8) is 0 Å². The second kappa shape index (κ2) is 18.1. The number of benzene rings is 4. The Hall–Kier alpha value is -6.59. The molecule has 3 aliphatic carbocycles. The van der Waals surface area contributed by atoms with E-state index in [1.807, 2.05) is 0 Å². The highest BCUT2D eigenvalue weighted by Gasteiger charge is 2.78. The Kier molecular flexibility index (Phi) is 12.8. The van der Waals surface area contributed by atoms with Gasteiger partial charge in [-0.2, -0.15) is 0 Å². The molecule has 2 bridgehead atoms. The van der Waals surface area contributed by atoms with Crippen molar-refractivity contribution in [3.05, 3.63) is 154 Å². The first kappa shape index (κ1) is 47.9. The number of nitrogens with one attached hydrogen (secondary N) is 1. The summed E-state index contributed by atoms with van der Waals surface area (Å²) >= 11 is 0. The van der Waals surface area contributed by atoms with Crippen molar-refractivity contribution in [2.75, 3.05) is 6.61 Å². The molecular formula is C52H52FNO14. The second-order valence-corrected chi connectivity index (χ2v) is 18.7. The molecule has 4 aromatic carbocycles. The summed E-state index contributed by atoms with van der Waals surface area (Å²) in [7, 11) is 0. The fourth-order valence-electron chi connectivity index (χ4n) is 10.7. The highest BCUT2D eigenvalue weighted by atomic mass is 19.1. The summed E-state index contributed by atoms with van der Waals surface area (Å²) in [5.41, 5.74) is -7.77. The van der Waals surface area contributed by atoms with Gasteiger partial charge in [0.1, 0.15) is 29.7 Å². The number of hydrogen-bond acceptors (Lipinski definition) is 14. The number of amides is 1. The number of aliphatic hydroxyl groups excluding tert-OH is 2. The van der Waals surface area contributed by atoms with Crippen molar-refractivity contribution >= 4 is 35.6 Å². The number of carbonyl (C=O) groups excluding carboxylic acids is 6. The third-order valence-corrected chi connectivity index (χ3v) is 14.5. The van der Waals surface area contributed by atoms with Crippen LogP contribution in [0.3, 0.4) is 0 Å². The van der Waals surface area contributed by atoms with Crippen molar-refractivity contribution < 1.29 is 72.2 Å². The van der Waals surface area contributed by atoms with Crippen molar-refractivity contribution in [2.45, 2.75) is 101 Å². The molecule has 15 nitrogen and oxygen atoms in total. The number of Topliss-reactive ketones (excluding diaryl/α,β-unsaturated/α-hetero) is 1. The van der Waals surface area contributed by atoms with Crippen LogP contribution in [0.4, 0.5) is 4.39 Å². The lowest BCUT2D eigenvalue weighted by Gasteiger charge is -2.67. The van der Waals surface area contributed by atoms with Crippen LogP contribution in [0.2, 0.25) is 0 Å². The number of ketones is 1. The van der Waals surface area contributed by atoms with E-state index in [0.29, 0.717) is 5.56 Å². The van der Waals surface area contributed by atoms with Crippen LogP contribution in [-0.4, -0.2) is 105 Å². The molecule has 2 unspecified atom stereocenters. The number of esters is 4. The summed E-state index contributed by atoms with van der Waals surface area (Å²) in [6.45, 7) is 6.56. The van der Waals surface area contributed by atoms with Gasteiger partial charge in [-0.05, 0) is 79.1 Å². The Labute approximate surface area is 391 Å². The molecule has 11 atom stereocenters. The molecule has 4 aliphatic rings. The monoisotopic (exact) mass is 933 g/mol. The molecule has 356 valence electrons. The molecule has 2 saturated carbocycles. The molecule has 4 aromatic rings. The minimum absolute atomic E-state index is 0.0234. The first-order valence-electron chi connectivity index (χ1n) is 22.2. The molecule has 68 heavy (non-hydrogen) atoms. The molecule has 4 N–H and O–H groups in total. The van der Waals surface area contributed by atoms with E-state index in [9.17, 15) is 43.7 Å². The molecule has 0 radical (unpaired) electrons. The molecule has 0 spiro atoms. The highest BCUT2D eigenvalue weighted by Crippen LogP contribution is 2.64. The summed E-state index contributed by atoms with van der Waals surface area (Å²) in [6.07, 6.45) is -11.2. The maximum absolute atomic E-state index is 15.7. The van der Waals surface area contributed by atoms with Gasteiger partial charge in [0.25, 0.3) is 5.91 Å². The van der Waals surface area contributed by atoms with Gasteiger partial charge in [-0.1, -0.05) is 80.6 Å². The van der Waals surface area contributed by atoms with Crippen molar-refractivity contribution in [2.24, 2.45) is 16.7 Å². The van der Waals surface area contributed by atoms with Crippen LogP contribution < -0.4 is 5.32 Å². The van der Waals surface area contributed by atoms with E-state index < -0.39 is 125 Å². The zero-order valence-corrected chi connectivity index (χ0v) is 37.9. The Morgan fingerprint density at radius 2 is 1.37 bits per heavy atom. The third-order valence-electron chi connectivity index (χ3n) is 14.5. The lowest BCUT2D eigenvalue weighted by atomic mass is 9.44. The first-order valence-corrected chi connectivity index (χ1v) is 22.2. The Morgan fingerprint density at radius 1 is 0.794 bits per heavy atom. The Balaban J connectivity index is 1.29. The van der Waals surface area contributed by atoms with E-state index in [2.05, 4.69) is 5.32 Å². The fourth-order valence-corrected chi connectivity index (χ4v) is 10.7. The predicted molar refractivity (Wildman–Crippen MR) is 238 cm³/mol. The minimum Gasteiger partial charge on any atom is -0.456 e. The van der Waals surface area contributed by atoms with E-state index in [1.54, 1.807) is 78.9 Å². The van der Waals surface area contributed by atoms with Crippen LogP contribution in [-0.2, 0) is 38.1 Å². The van der Waals surface area contributed by atoms with E-state index in [1.165, 1.54) is 52.0 Å². The third kappa shape index (κ3) is 8.08. The van der Waals surface area contributed by atoms with Gasteiger partial charge in [-0.15, -0.1) is 0 Å². The second-order valence-electron chi connectivity index (χ2n) is 18.7. The lowest BCUT2D eigenvalue weighted by Crippen LogP contribution is -2.82. The number of fused-ring (bicyclic) bond motifs is 5. The predicted octanol–water partition coefficient (Wildman–Crippen LogP) is 5.17. The summed E-state index contributed by atoms with van der Waals surface area (Å²) < 4.78 is 44.9. The standard InChI is InChI=1S/C52H52FNO14/c1-28-35(66-48(62)40(57)39(30-15-9-6-10-16-30)54-45(59)31-17-11-7-12-18-31)26-52(63)44(67-46(60)32-19-13-8-14-20-32)42-50(5,43(58)41(65-29(2)55)38(28)49(52,3)4)36(56)25-37-51(42,27-64-37)68-47(61)33-21-23-34(53)24-22-33/h6-24,35-37,39-42,44,56-57,63H,25-27H2,1-5H3,(H,54,59)/t35-,36-,37+,39?,40+,41+,42?,44-,50+,51-,52+/m0/s1. The van der Waals surface area contributed by atoms with Crippen LogP contribution >= 0.6 is 0 Å². The summed E-state index contributed by atoms with van der Waals surface area (Å²) in [5.74, 6) is -8.03. The van der Waals surface area contributed by atoms with Crippen molar-refractivity contribution in [1.29, 1.82) is 0 Å². The highest BCUT2D eigenvalue weighted by molar-refractivity contribution is 5.97. The van der Waals surface area contributed by atoms with Crippen LogP contribution in [0.15, 0.2) is 126 Å². The van der Waals surface area contributed by atoms with Gasteiger partial charge < -0.3 is 44.3 Å². The van der Waals surface area contributed by atoms with Crippen LogP contribution in [0, 0.1) is 22.6 Å². The Bertz CT molecular complexity index is 2640. The van der Waals surface area contributed by atoms with Gasteiger partial charge >= 0.3 is 23.9 Å². The molecule has 1 saturated heterocycles. The van der Waals surface area contributed by atoms with E-state index in [4.69, 9.17) is 23.7 Å². The van der Waals surface area contributed by atoms with Crippen molar-refractivity contribution in [1.82, 2.24) is 5.32 Å². The maximum Gasteiger partial charge on any atom is 0.338 e. The van der Waals surface area contributed by atoms with Gasteiger partial charge in [-0.25, -0.2) is 18.8 Å². The molecular weight excluding hydrogens is 882 g/mol. The number of aliphatic hydroxyl groups is 3. The number of halogens is 1. The van der Waals surface area contributed by atoms with E-state index in [0.717, 1.165) is 19.1 Å². The van der Waals surface area contributed by atoms with Crippen LogP contribution in [0.1, 0.15) is 90.1 Å². The first-order chi connectivity index (χ1) is 32.2. The quantitative estimate of drug-likeness (QED) is 0.0867. The zero-order chi connectivity index (χ0) is 48.9. The van der Waals surface area contributed by atoms with Crippen LogP contribution in [0.5, 0.6) is 0 Å².